The molecule has 0 aliphatic rings. The van der Waals surface area contributed by atoms with Gasteiger partial charge in [0.25, 0.3) is 5.91 Å². The first-order valence-electron chi connectivity index (χ1n) is 10.8. The van der Waals surface area contributed by atoms with Gasteiger partial charge in [0.05, 0.1) is 12.2 Å². The van der Waals surface area contributed by atoms with Crippen LogP contribution in [0, 0.1) is 0 Å². The molecular weight excluding hydrogens is 388 g/mol. The predicted molar refractivity (Wildman–Crippen MR) is 122 cm³/mol. The molecule has 3 rings (SSSR count). The zero-order valence-corrected chi connectivity index (χ0v) is 18.0. The van der Waals surface area contributed by atoms with Gasteiger partial charge in [-0.15, -0.1) is 0 Å². The molecule has 0 unspecified atom stereocenters. The van der Waals surface area contributed by atoms with E-state index >= 15 is 0 Å². The lowest BCUT2D eigenvalue weighted by Crippen LogP contribution is -2.28. The van der Waals surface area contributed by atoms with E-state index in [1.165, 1.54) is 11.1 Å². The molecule has 0 bridgehead atoms. The zero-order valence-electron chi connectivity index (χ0n) is 18.0. The molecule has 0 aliphatic heterocycles. The molecule has 2 heterocycles. The third-order valence-corrected chi connectivity index (χ3v) is 4.94. The van der Waals surface area contributed by atoms with E-state index in [9.17, 15) is 4.79 Å². The number of carbonyl (C=O) groups is 1. The summed E-state index contributed by atoms with van der Waals surface area (Å²) in [6.45, 7) is 5.74. The van der Waals surface area contributed by atoms with Gasteiger partial charge in [0.2, 0.25) is 0 Å². The van der Waals surface area contributed by atoms with Crippen LogP contribution in [0.15, 0.2) is 73.3 Å². The number of ether oxygens (including phenoxy) is 1. The Labute approximate surface area is 184 Å². The molecule has 0 fully saturated rings. The van der Waals surface area contributed by atoms with E-state index in [1.807, 2.05) is 49.8 Å². The van der Waals surface area contributed by atoms with Crippen molar-refractivity contribution < 1.29 is 9.53 Å². The molecule has 0 aliphatic carbocycles. The highest BCUT2D eigenvalue weighted by atomic mass is 16.5. The number of hydrogen-bond acceptors (Lipinski definition) is 5. The maximum atomic E-state index is 12.2. The number of nitrogens with zero attached hydrogens (tertiary/aromatic N) is 3. The minimum Gasteiger partial charge on any atom is -0.493 e. The number of nitrogens with one attached hydrogen (secondary N) is 1. The number of aromatic nitrogens is 2. The molecule has 0 spiro atoms. The number of para-hydroxylation sites is 1. The fraction of sp³-hybridized carbons (Fsp3) is 0.320. The molecular formula is C25H30N4O2. The largest absolute Gasteiger partial charge is 0.493 e. The van der Waals surface area contributed by atoms with E-state index in [0.717, 1.165) is 32.5 Å². The van der Waals surface area contributed by atoms with Gasteiger partial charge < -0.3 is 10.1 Å². The maximum Gasteiger partial charge on any atom is 0.255 e. The molecule has 1 amide bonds. The molecule has 162 valence electrons. The molecule has 0 saturated carbocycles. The van der Waals surface area contributed by atoms with Crippen LogP contribution in [0.3, 0.4) is 0 Å². The Balaban J connectivity index is 1.54. The van der Waals surface area contributed by atoms with Gasteiger partial charge in [-0.2, -0.15) is 0 Å². The number of amides is 1. The summed E-state index contributed by atoms with van der Waals surface area (Å²) in [5.41, 5.74) is 3.05. The van der Waals surface area contributed by atoms with Gasteiger partial charge in [-0.3, -0.25) is 19.7 Å². The Kier molecular flexibility index (Phi) is 9.01. The van der Waals surface area contributed by atoms with Crippen LogP contribution in [0.1, 0.15) is 34.8 Å². The summed E-state index contributed by atoms with van der Waals surface area (Å²) < 4.78 is 5.96. The van der Waals surface area contributed by atoms with Crippen LogP contribution in [-0.4, -0.2) is 47.0 Å². The van der Waals surface area contributed by atoms with Crippen molar-refractivity contribution >= 4 is 5.91 Å². The Morgan fingerprint density at radius 2 is 1.81 bits per heavy atom. The Morgan fingerprint density at radius 3 is 2.58 bits per heavy atom. The van der Waals surface area contributed by atoms with Gasteiger partial charge in [-0.25, -0.2) is 0 Å². The molecule has 31 heavy (non-hydrogen) atoms. The van der Waals surface area contributed by atoms with Crippen molar-refractivity contribution in [2.45, 2.75) is 26.3 Å². The monoisotopic (exact) mass is 418 g/mol. The van der Waals surface area contributed by atoms with Crippen LogP contribution in [0.25, 0.3) is 0 Å². The summed E-state index contributed by atoms with van der Waals surface area (Å²) in [6.07, 6.45) is 9.19. The Bertz CT molecular complexity index is 919. The first-order valence-corrected chi connectivity index (χ1v) is 10.8. The van der Waals surface area contributed by atoms with E-state index in [1.54, 1.807) is 12.3 Å². The summed E-state index contributed by atoms with van der Waals surface area (Å²) in [6, 6.07) is 15.6. The summed E-state index contributed by atoms with van der Waals surface area (Å²) >= 11 is 0. The quantitative estimate of drug-likeness (QED) is 0.454. The minimum atomic E-state index is -0.103. The standard InChI is InChI=1S/C25H30N4O2/c1-2-28-25(30)23-8-3-4-9-24(23)31-18-6-16-29(20-22-10-14-26-15-11-22)17-12-21-7-5-13-27-19-21/h3-5,7-11,13-15,19H,2,6,12,16-18,20H2,1H3,(H,28,30). The second kappa shape index (κ2) is 12.4. The molecule has 2 aromatic heterocycles. The van der Waals surface area contributed by atoms with Gasteiger partial charge in [0.15, 0.2) is 0 Å². The molecule has 6 nitrogen and oxygen atoms in total. The van der Waals surface area contributed by atoms with Gasteiger partial charge in [-0.1, -0.05) is 18.2 Å². The van der Waals surface area contributed by atoms with Crippen LogP contribution in [0.2, 0.25) is 0 Å². The highest BCUT2D eigenvalue weighted by Crippen LogP contribution is 2.18. The lowest BCUT2D eigenvalue weighted by atomic mass is 10.2. The van der Waals surface area contributed by atoms with E-state index in [-0.39, 0.29) is 5.91 Å². The van der Waals surface area contributed by atoms with Crippen molar-refractivity contribution in [1.82, 2.24) is 20.2 Å². The van der Waals surface area contributed by atoms with E-state index in [4.69, 9.17) is 4.74 Å². The van der Waals surface area contributed by atoms with E-state index < -0.39 is 0 Å². The number of hydrogen-bond donors (Lipinski definition) is 1. The molecule has 1 N–H and O–H groups in total. The summed E-state index contributed by atoms with van der Waals surface area (Å²) in [4.78, 5) is 23.0. The molecule has 6 heteroatoms. The summed E-state index contributed by atoms with van der Waals surface area (Å²) in [7, 11) is 0. The van der Waals surface area contributed by atoms with Crippen molar-refractivity contribution in [3.05, 3.63) is 90.0 Å². The third kappa shape index (κ3) is 7.50. The molecule has 0 atom stereocenters. The van der Waals surface area contributed by atoms with Crippen molar-refractivity contribution in [2.24, 2.45) is 0 Å². The van der Waals surface area contributed by atoms with Crippen molar-refractivity contribution in [3.63, 3.8) is 0 Å². The minimum absolute atomic E-state index is 0.103. The predicted octanol–water partition coefficient (Wildman–Crippen LogP) is 3.74. The van der Waals surface area contributed by atoms with Crippen LogP contribution in [0.4, 0.5) is 0 Å². The second-order valence-electron chi connectivity index (χ2n) is 7.30. The van der Waals surface area contributed by atoms with E-state index in [0.29, 0.717) is 24.5 Å². The molecule has 3 aromatic rings. The number of carbonyl (C=O) groups excluding carboxylic acids is 1. The van der Waals surface area contributed by atoms with Crippen molar-refractivity contribution in [3.8, 4) is 5.75 Å². The maximum absolute atomic E-state index is 12.2. The van der Waals surface area contributed by atoms with Crippen LogP contribution < -0.4 is 10.1 Å². The summed E-state index contributed by atoms with van der Waals surface area (Å²) in [5.74, 6) is 0.526. The normalized spacial score (nSPS) is 10.8. The van der Waals surface area contributed by atoms with Crippen molar-refractivity contribution in [2.75, 3.05) is 26.2 Å². The summed E-state index contributed by atoms with van der Waals surface area (Å²) in [5, 5.41) is 2.83. The van der Waals surface area contributed by atoms with Gasteiger partial charge in [-0.05, 0) is 61.2 Å². The van der Waals surface area contributed by atoms with Crippen LogP contribution in [-0.2, 0) is 13.0 Å². The first kappa shape index (κ1) is 22.4. The first-order chi connectivity index (χ1) is 15.3. The topological polar surface area (TPSA) is 67.3 Å². The number of benzene rings is 1. The van der Waals surface area contributed by atoms with Crippen LogP contribution >= 0.6 is 0 Å². The van der Waals surface area contributed by atoms with Gasteiger partial charge in [0, 0.05) is 51.0 Å². The number of rotatable bonds is 12. The SMILES string of the molecule is CCNC(=O)c1ccccc1OCCCN(CCc1cccnc1)Cc1ccncc1. The number of pyridine rings is 2. The second-order valence-corrected chi connectivity index (χ2v) is 7.30. The Hall–Kier alpha value is -3.25. The lowest BCUT2D eigenvalue weighted by Gasteiger charge is -2.22. The average Bonchev–Trinajstić information content (AvgIpc) is 2.82. The third-order valence-electron chi connectivity index (χ3n) is 4.94. The van der Waals surface area contributed by atoms with Gasteiger partial charge >= 0.3 is 0 Å². The highest BCUT2D eigenvalue weighted by Gasteiger charge is 2.12. The molecule has 1 aromatic carbocycles. The fourth-order valence-electron chi connectivity index (χ4n) is 3.36. The molecule has 0 radical (unpaired) electrons. The Morgan fingerprint density at radius 1 is 0.968 bits per heavy atom. The highest BCUT2D eigenvalue weighted by molar-refractivity contribution is 5.96. The molecule has 0 saturated heterocycles. The van der Waals surface area contributed by atoms with Crippen molar-refractivity contribution in [1.29, 1.82) is 0 Å². The smallest absolute Gasteiger partial charge is 0.255 e. The average molecular weight is 419 g/mol. The lowest BCUT2D eigenvalue weighted by molar-refractivity contribution is 0.0951. The fourth-order valence-corrected chi connectivity index (χ4v) is 3.36. The van der Waals surface area contributed by atoms with Crippen LogP contribution in [0.5, 0.6) is 5.75 Å². The van der Waals surface area contributed by atoms with Gasteiger partial charge in [0.1, 0.15) is 5.75 Å². The zero-order chi connectivity index (χ0) is 21.7. The van der Waals surface area contributed by atoms with E-state index in [2.05, 4.69) is 38.4 Å².